The van der Waals surface area contributed by atoms with Crippen molar-refractivity contribution in [3.05, 3.63) is 42.0 Å². The van der Waals surface area contributed by atoms with Crippen molar-refractivity contribution in [2.75, 3.05) is 13.2 Å². The average molecular weight is 396 g/mol. The van der Waals surface area contributed by atoms with Gasteiger partial charge in [0.05, 0.1) is 17.6 Å². The van der Waals surface area contributed by atoms with Gasteiger partial charge in [-0.1, -0.05) is 6.07 Å². The van der Waals surface area contributed by atoms with E-state index in [4.69, 9.17) is 9.15 Å². The van der Waals surface area contributed by atoms with E-state index in [0.717, 1.165) is 12.8 Å². The van der Waals surface area contributed by atoms with Crippen LogP contribution in [0.5, 0.6) is 0 Å². The molecule has 0 spiro atoms. The standard InChI is InChI=1S/C18H21FN2O5S/c1-12(17(22)20-9-16-6-3-7-25-16)27(23,24)11-15-10-26-18(21-15)13-4-2-5-14(19)8-13/h2,4-5,8,10,12,16H,3,6-7,9,11H2,1H3,(H,20,22)/t12-,16-/m0/s1. The number of sulfone groups is 1. The highest BCUT2D eigenvalue weighted by atomic mass is 32.2. The molecule has 3 rings (SSSR count). The maximum Gasteiger partial charge on any atom is 0.238 e. The van der Waals surface area contributed by atoms with E-state index in [1.54, 1.807) is 6.07 Å². The molecule has 1 aliphatic heterocycles. The summed E-state index contributed by atoms with van der Waals surface area (Å²) in [5.74, 6) is -1.34. The predicted molar refractivity (Wildman–Crippen MR) is 96.0 cm³/mol. The molecular weight excluding hydrogens is 375 g/mol. The molecule has 2 atom stereocenters. The zero-order chi connectivity index (χ0) is 19.4. The molecule has 9 heteroatoms. The first-order valence-electron chi connectivity index (χ1n) is 8.66. The molecule has 7 nitrogen and oxygen atoms in total. The van der Waals surface area contributed by atoms with Crippen LogP contribution in [0.15, 0.2) is 34.9 Å². The van der Waals surface area contributed by atoms with Crippen LogP contribution >= 0.6 is 0 Å². The maximum atomic E-state index is 13.3. The molecular formula is C18H21FN2O5S. The van der Waals surface area contributed by atoms with Crippen molar-refractivity contribution in [1.29, 1.82) is 0 Å². The van der Waals surface area contributed by atoms with Crippen LogP contribution < -0.4 is 5.32 Å². The number of nitrogens with one attached hydrogen (secondary N) is 1. The summed E-state index contributed by atoms with van der Waals surface area (Å²) in [7, 11) is -3.78. The van der Waals surface area contributed by atoms with Gasteiger partial charge in [0.2, 0.25) is 11.8 Å². The second-order valence-corrected chi connectivity index (χ2v) is 8.81. The predicted octanol–water partition coefficient (Wildman–Crippen LogP) is 2.08. The number of nitrogens with zero attached hydrogens (tertiary/aromatic N) is 1. The zero-order valence-electron chi connectivity index (χ0n) is 14.9. The van der Waals surface area contributed by atoms with Gasteiger partial charge in [0.1, 0.15) is 17.3 Å². The monoisotopic (exact) mass is 396 g/mol. The molecule has 27 heavy (non-hydrogen) atoms. The number of amides is 1. The topological polar surface area (TPSA) is 98.5 Å². The van der Waals surface area contributed by atoms with E-state index in [-0.39, 0.29) is 17.7 Å². The Kier molecular flexibility index (Phi) is 5.91. The lowest BCUT2D eigenvalue weighted by Crippen LogP contribution is -2.41. The average Bonchev–Trinajstić information content (AvgIpc) is 3.30. The van der Waals surface area contributed by atoms with Gasteiger partial charge in [-0.15, -0.1) is 0 Å². The highest BCUT2D eigenvalue weighted by Gasteiger charge is 2.30. The van der Waals surface area contributed by atoms with E-state index in [0.29, 0.717) is 18.7 Å². The van der Waals surface area contributed by atoms with Crippen LogP contribution in [0.3, 0.4) is 0 Å². The normalized spacial score (nSPS) is 18.4. The minimum absolute atomic E-state index is 0.0618. The molecule has 2 heterocycles. The number of carbonyl (C=O) groups excluding carboxylic acids is 1. The highest BCUT2D eigenvalue weighted by molar-refractivity contribution is 7.92. The van der Waals surface area contributed by atoms with Gasteiger partial charge in [0.25, 0.3) is 0 Å². The molecule has 1 amide bonds. The first kappa shape index (κ1) is 19.5. The third-order valence-corrected chi connectivity index (χ3v) is 6.40. The fourth-order valence-corrected chi connectivity index (χ4v) is 3.99. The molecule has 1 saturated heterocycles. The number of hydrogen-bond donors (Lipinski definition) is 1. The van der Waals surface area contributed by atoms with Gasteiger partial charge < -0.3 is 14.5 Å². The lowest BCUT2D eigenvalue weighted by Gasteiger charge is -2.15. The Labute approximate surface area is 156 Å². The quantitative estimate of drug-likeness (QED) is 0.769. The lowest BCUT2D eigenvalue weighted by molar-refractivity contribution is -0.120. The number of oxazole rings is 1. The summed E-state index contributed by atoms with van der Waals surface area (Å²) in [4.78, 5) is 16.3. The number of halogens is 1. The van der Waals surface area contributed by atoms with Crippen molar-refractivity contribution in [3.63, 3.8) is 0 Å². The molecule has 1 aliphatic rings. The number of carbonyl (C=O) groups is 1. The van der Waals surface area contributed by atoms with Crippen molar-refractivity contribution < 1.29 is 26.8 Å². The molecule has 1 aromatic carbocycles. The van der Waals surface area contributed by atoms with Crippen LogP contribution in [0, 0.1) is 5.82 Å². The molecule has 1 N–H and O–H groups in total. The summed E-state index contributed by atoms with van der Waals surface area (Å²) in [6, 6.07) is 5.64. The van der Waals surface area contributed by atoms with E-state index < -0.39 is 32.6 Å². The lowest BCUT2D eigenvalue weighted by atomic mass is 10.2. The van der Waals surface area contributed by atoms with Crippen LogP contribution in [0.25, 0.3) is 11.5 Å². The number of hydrogen-bond acceptors (Lipinski definition) is 6. The molecule has 0 saturated carbocycles. The summed E-state index contributed by atoms with van der Waals surface area (Å²) < 4.78 is 49.0. The van der Waals surface area contributed by atoms with Gasteiger partial charge in [-0.25, -0.2) is 17.8 Å². The third kappa shape index (κ3) is 4.92. The Bertz CT molecular complexity index is 906. The number of rotatable bonds is 7. The minimum Gasteiger partial charge on any atom is -0.444 e. The molecule has 0 radical (unpaired) electrons. The SMILES string of the molecule is C[C@@H](C(=O)NC[C@@H]1CCCO1)S(=O)(=O)Cc1coc(-c2cccc(F)c2)n1. The summed E-state index contributed by atoms with van der Waals surface area (Å²) in [6.07, 6.45) is 2.93. The van der Waals surface area contributed by atoms with Crippen molar-refractivity contribution in [2.24, 2.45) is 0 Å². The smallest absolute Gasteiger partial charge is 0.238 e. The van der Waals surface area contributed by atoms with Crippen molar-refractivity contribution in [1.82, 2.24) is 10.3 Å². The van der Waals surface area contributed by atoms with Gasteiger partial charge >= 0.3 is 0 Å². The van der Waals surface area contributed by atoms with Gasteiger partial charge in [-0.2, -0.15) is 0 Å². The third-order valence-electron chi connectivity index (χ3n) is 4.41. The van der Waals surface area contributed by atoms with E-state index in [1.165, 1.54) is 31.4 Å². The molecule has 0 unspecified atom stereocenters. The second-order valence-electron chi connectivity index (χ2n) is 6.48. The van der Waals surface area contributed by atoms with Crippen molar-refractivity contribution >= 4 is 15.7 Å². The highest BCUT2D eigenvalue weighted by Crippen LogP contribution is 2.21. The van der Waals surface area contributed by atoms with E-state index in [1.807, 2.05) is 0 Å². The van der Waals surface area contributed by atoms with Crippen LogP contribution in [0.4, 0.5) is 4.39 Å². The van der Waals surface area contributed by atoms with Crippen molar-refractivity contribution in [2.45, 2.75) is 36.9 Å². The minimum atomic E-state index is -3.78. The Balaban J connectivity index is 1.62. The first-order chi connectivity index (χ1) is 12.8. The second kappa shape index (κ2) is 8.18. The Morgan fingerprint density at radius 1 is 1.44 bits per heavy atom. The largest absolute Gasteiger partial charge is 0.444 e. The van der Waals surface area contributed by atoms with Gasteiger partial charge in [0.15, 0.2) is 9.84 Å². The van der Waals surface area contributed by atoms with Gasteiger partial charge in [-0.05, 0) is 38.0 Å². The van der Waals surface area contributed by atoms with Crippen molar-refractivity contribution in [3.8, 4) is 11.5 Å². The Morgan fingerprint density at radius 3 is 2.96 bits per heavy atom. The van der Waals surface area contributed by atoms with Crippen LogP contribution in [-0.2, 0) is 25.1 Å². The van der Waals surface area contributed by atoms with Gasteiger partial charge in [0, 0.05) is 18.7 Å². The number of ether oxygens (including phenoxy) is 1. The summed E-state index contributed by atoms with van der Waals surface area (Å²) in [6.45, 7) is 2.30. The number of benzene rings is 1. The fraction of sp³-hybridized carbons (Fsp3) is 0.444. The Morgan fingerprint density at radius 2 is 2.26 bits per heavy atom. The fourth-order valence-electron chi connectivity index (χ4n) is 2.79. The maximum absolute atomic E-state index is 13.3. The van der Waals surface area contributed by atoms with E-state index in [9.17, 15) is 17.6 Å². The van der Waals surface area contributed by atoms with E-state index in [2.05, 4.69) is 10.3 Å². The summed E-state index contributed by atoms with van der Waals surface area (Å²) >= 11 is 0. The number of aromatic nitrogens is 1. The molecule has 1 fully saturated rings. The van der Waals surface area contributed by atoms with Gasteiger partial charge in [-0.3, -0.25) is 4.79 Å². The zero-order valence-corrected chi connectivity index (χ0v) is 15.7. The molecule has 2 aromatic rings. The van der Waals surface area contributed by atoms with Crippen LogP contribution in [0.1, 0.15) is 25.5 Å². The molecule has 146 valence electrons. The molecule has 0 aliphatic carbocycles. The molecule has 1 aromatic heterocycles. The molecule has 0 bridgehead atoms. The Hall–Kier alpha value is -2.26. The van der Waals surface area contributed by atoms with Crippen LogP contribution in [0.2, 0.25) is 0 Å². The first-order valence-corrected chi connectivity index (χ1v) is 10.4. The summed E-state index contributed by atoms with van der Waals surface area (Å²) in [5.41, 5.74) is 0.564. The summed E-state index contributed by atoms with van der Waals surface area (Å²) in [5, 5.41) is 1.40. The van der Waals surface area contributed by atoms with E-state index >= 15 is 0 Å². The van der Waals surface area contributed by atoms with Crippen LogP contribution in [-0.4, -0.2) is 43.8 Å².